The third kappa shape index (κ3) is 3.42. The molecule has 6 heteroatoms. The van der Waals surface area contributed by atoms with Crippen LogP contribution in [0.2, 0.25) is 0 Å². The normalized spacial score (nSPS) is 9.86. The molecule has 6 nitrogen and oxygen atoms in total. The fourth-order valence-corrected chi connectivity index (χ4v) is 1.80. The van der Waals surface area contributed by atoms with E-state index in [1.165, 1.54) is 7.11 Å². The predicted octanol–water partition coefficient (Wildman–Crippen LogP) is 3.15. The minimum atomic E-state index is 0.356. The predicted molar refractivity (Wildman–Crippen MR) is 79.5 cm³/mol. The Hall–Kier alpha value is -2.76. The maximum Gasteiger partial charge on any atom is 0.334 e. The lowest BCUT2D eigenvalue weighted by atomic mass is 10.2. The van der Waals surface area contributed by atoms with E-state index in [-0.39, 0.29) is 0 Å². The Morgan fingerprint density at radius 1 is 0.857 bits per heavy atom. The summed E-state index contributed by atoms with van der Waals surface area (Å²) in [6.45, 7) is 0. The Morgan fingerprint density at radius 3 is 2.05 bits per heavy atom. The van der Waals surface area contributed by atoms with Gasteiger partial charge in [0.05, 0.1) is 26.2 Å². The summed E-state index contributed by atoms with van der Waals surface area (Å²) in [5.41, 5.74) is 3.72. The van der Waals surface area contributed by atoms with Crippen molar-refractivity contribution in [3.05, 3.63) is 47.4 Å². The minimum Gasteiger partial charge on any atom is -0.497 e. The van der Waals surface area contributed by atoms with Gasteiger partial charge in [-0.15, -0.1) is 5.43 Å². The standard InChI is InChI=1S/C15H17N2O4/c1-19-12-6-4-11(5-7-12)16-17(18)14-9-8-13(20-2)10-15(14)21-3/h4-10H,1-3H3,(H,16,18)/q+1. The van der Waals surface area contributed by atoms with Gasteiger partial charge < -0.3 is 14.2 Å². The molecule has 2 aromatic carbocycles. The first kappa shape index (κ1) is 14.6. The van der Waals surface area contributed by atoms with Crippen LogP contribution in [0.1, 0.15) is 0 Å². The van der Waals surface area contributed by atoms with Crippen molar-refractivity contribution in [2.24, 2.45) is 0 Å². The van der Waals surface area contributed by atoms with Gasteiger partial charge in [-0.25, -0.2) is 0 Å². The highest BCUT2D eigenvalue weighted by Crippen LogP contribution is 2.31. The molecule has 0 heterocycles. The zero-order valence-corrected chi connectivity index (χ0v) is 12.1. The van der Waals surface area contributed by atoms with E-state index >= 15 is 0 Å². The minimum absolute atomic E-state index is 0.356. The Labute approximate surface area is 122 Å². The molecule has 2 aromatic rings. The van der Waals surface area contributed by atoms with Crippen molar-refractivity contribution in [3.8, 4) is 17.2 Å². The first-order valence-electron chi connectivity index (χ1n) is 6.28. The molecule has 110 valence electrons. The van der Waals surface area contributed by atoms with Crippen LogP contribution in [0.3, 0.4) is 0 Å². The molecule has 1 N–H and O–H groups in total. The number of hydrogen-bond acceptors (Lipinski definition) is 4. The largest absolute Gasteiger partial charge is 0.497 e. The molecular formula is C15H17N2O4+. The summed E-state index contributed by atoms with van der Waals surface area (Å²) < 4.78 is 15.4. The monoisotopic (exact) mass is 289 g/mol. The van der Waals surface area contributed by atoms with E-state index in [2.05, 4.69) is 5.43 Å². The molecule has 0 amide bonds. The van der Waals surface area contributed by atoms with E-state index in [9.17, 15) is 4.91 Å². The number of benzene rings is 2. The molecule has 21 heavy (non-hydrogen) atoms. The summed E-state index contributed by atoms with van der Waals surface area (Å²) in [6.07, 6.45) is 0. The van der Waals surface area contributed by atoms with Crippen molar-refractivity contribution >= 4 is 11.4 Å². The lowest BCUT2D eigenvalue weighted by Gasteiger charge is -2.05. The smallest absolute Gasteiger partial charge is 0.334 e. The molecule has 0 radical (unpaired) electrons. The number of hydrazine groups is 1. The van der Waals surface area contributed by atoms with Gasteiger partial charge in [-0.1, -0.05) is 0 Å². The second-order valence-electron chi connectivity index (χ2n) is 4.17. The fraction of sp³-hybridized carbons (Fsp3) is 0.200. The fourth-order valence-electron chi connectivity index (χ4n) is 1.80. The second-order valence-corrected chi connectivity index (χ2v) is 4.17. The summed E-state index contributed by atoms with van der Waals surface area (Å²) in [4.78, 5) is 12.8. The van der Waals surface area contributed by atoms with Crippen molar-refractivity contribution < 1.29 is 19.1 Å². The van der Waals surface area contributed by atoms with Crippen molar-refractivity contribution in [3.63, 3.8) is 0 Å². The van der Waals surface area contributed by atoms with Gasteiger partial charge in [0.1, 0.15) is 17.2 Å². The summed E-state index contributed by atoms with van der Waals surface area (Å²) >= 11 is 0. The van der Waals surface area contributed by atoms with Crippen molar-refractivity contribution in [1.29, 1.82) is 0 Å². The maximum atomic E-state index is 12.2. The van der Waals surface area contributed by atoms with E-state index in [0.29, 0.717) is 27.7 Å². The van der Waals surface area contributed by atoms with Crippen LogP contribution in [0.15, 0.2) is 42.5 Å². The van der Waals surface area contributed by atoms with Gasteiger partial charge in [-0.2, -0.15) is 0 Å². The van der Waals surface area contributed by atoms with Gasteiger partial charge in [0.2, 0.25) is 5.75 Å². The van der Waals surface area contributed by atoms with Crippen LogP contribution in [-0.4, -0.2) is 26.2 Å². The maximum absolute atomic E-state index is 12.2. The molecular weight excluding hydrogens is 272 g/mol. The van der Waals surface area contributed by atoms with Gasteiger partial charge in [0.25, 0.3) is 0 Å². The summed E-state index contributed by atoms with van der Waals surface area (Å²) in [6, 6.07) is 12.0. The number of rotatable bonds is 6. The van der Waals surface area contributed by atoms with E-state index < -0.39 is 0 Å². The van der Waals surface area contributed by atoms with Gasteiger partial charge >= 0.3 is 5.69 Å². The average molecular weight is 289 g/mol. The molecule has 0 saturated carbocycles. The molecule has 0 aromatic heterocycles. The lowest BCUT2D eigenvalue weighted by Crippen LogP contribution is -2.11. The van der Waals surface area contributed by atoms with Gasteiger partial charge in [-0.3, -0.25) is 0 Å². The number of ether oxygens (including phenoxy) is 3. The van der Waals surface area contributed by atoms with Crippen molar-refractivity contribution in [2.45, 2.75) is 0 Å². The van der Waals surface area contributed by atoms with Crippen LogP contribution in [0.25, 0.3) is 0 Å². The van der Waals surface area contributed by atoms with Crippen LogP contribution in [0.4, 0.5) is 11.4 Å². The van der Waals surface area contributed by atoms with Gasteiger partial charge in [-0.05, 0) is 30.3 Å². The first-order chi connectivity index (χ1) is 10.2. The van der Waals surface area contributed by atoms with E-state index in [4.69, 9.17) is 14.2 Å². The van der Waals surface area contributed by atoms with Crippen molar-refractivity contribution in [1.82, 2.24) is 0 Å². The van der Waals surface area contributed by atoms with Crippen molar-refractivity contribution in [2.75, 3.05) is 26.8 Å². The number of nitroso groups, excluding NO2 is 1. The Balaban J connectivity index is 2.19. The van der Waals surface area contributed by atoms with Crippen LogP contribution in [-0.2, 0) is 0 Å². The van der Waals surface area contributed by atoms with Crippen LogP contribution in [0, 0.1) is 4.91 Å². The number of methoxy groups -OCH3 is 3. The highest BCUT2D eigenvalue weighted by Gasteiger charge is 2.21. The molecule has 0 saturated heterocycles. The van der Waals surface area contributed by atoms with Crippen LogP contribution in [0.5, 0.6) is 17.2 Å². The number of hydrogen-bond donors (Lipinski definition) is 1. The lowest BCUT2D eigenvalue weighted by molar-refractivity contribution is -0.428. The Morgan fingerprint density at radius 2 is 1.48 bits per heavy atom. The van der Waals surface area contributed by atoms with E-state index in [1.807, 2.05) is 0 Å². The molecule has 0 aliphatic carbocycles. The van der Waals surface area contributed by atoms with Crippen LogP contribution < -0.4 is 19.6 Å². The number of nitrogens with zero attached hydrogens (tertiary/aromatic N) is 1. The van der Waals surface area contributed by atoms with Gasteiger partial charge in [0.15, 0.2) is 4.87 Å². The zero-order chi connectivity index (χ0) is 15.2. The Kier molecular flexibility index (Phi) is 4.61. The number of anilines is 1. The second kappa shape index (κ2) is 6.60. The van der Waals surface area contributed by atoms with E-state index in [0.717, 1.165) is 5.75 Å². The average Bonchev–Trinajstić information content (AvgIpc) is 2.54. The highest BCUT2D eigenvalue weighted by atomic mass is 16.5. The molecule has 0 aliphatic rings. The molecule has 0 bridgehead atoms. The summed E-state index contributed by atoms with van der Waals surface area (Å²) in [5, 5.41) is 0. The van der Waals surface area contributed by atoms with E-state index in [1.54, 1.807) is 56.7 Å². The molecule has 0 atom stereocenters. The Bertz CT molecular complexity index is 626. The SMILES string of the molecule is COc1ccc(N[N+](=O)c2ccc(OC)cc2OC)cc1. The quantitative estimate of drug-likeness (QED) is 0.654. The zero-order valence-electron chi connectivity index (χ0n) is 12.1. The third-order valence-corrected chi connectivity index (χ3v) is 2.93. The molecule has 0 aliphatic heterocycles. The van der Waals surface area contributed by atoms with Gasteiger partial charge in [0, 0.05) is 12.1 Å². The topological polar surface area (TPSA) is 59.8 Å². The molecule has 0 unspecified atom stereocenters. The number of nitrogens with one attached hydrogen (secondary N) is 1. The van der Waals surface area contributed by atoms with Crippen LogP contribution >= 0.6 is 0 Å². The highest BCUT2D eigenvalue weighted by molar-refractivity contribution is 5.52. The first-order valence-corrected chi connectivity index (χ1v) is 6.28. The molecule has 0 spiro atoms. The molecule has 0 fully saturated rings. The summed E-state index contributed by atoms with van der Waals surface area (Å²) in [7, 11) is 4.64. The third-order valence-electron chi connectivity index (χ3n) is 2.93. The summed E-state index contributed by atoms with van der Waals surface area (Å²) in [5.74, 6) is 1.76. The molecule has 2 rings (SSSR count).